The summed E-state index contributed by atoms with van der Waals surface area (Å²) in [5.41, 5.74) is 3.92. The minimum Gasteiger partial charge on any atom is -0.496 e. The van der Waals surface area contributed by atoms with Crippen molar-refractivity contribution >= 4 is 45.7 Å². The van der Waals surface area contributed by atoms with Crippen molar-refractivity contribution in [2.75, 3.05) is 46.5 Å². The Hall–Kier alpha value is -2.51. The molecule has 0 spiro atoms. The second-order valence-electron chi connectivity index (χ2n) is 7.89. The number of benzene rings is 2. The zero-order chi connectivity index (χ0) is 23.4. The number of amides is 1. The topological polar surface area (TPSA) is 63.9 Å². The molecule has 0 unspecified atom stereocenters. The van der Waals surface area contributed by atoms with Crippen molar-refractivity contribution in [1.29, 1.82) is 0 Å². The Bertz CT molecular complexity index is 1180. The van der Waals surface area contributed by atoms with E-state index in [1.165, 1.54) is 0 Å². The maximum atomic E-state index is 12.5. The van der Waals surface area contributed by atoms with Gasteiger partial charge in [0.25, 0.3) is 0 Å². The van der Waals surface area contributed by atoms with Crippen LogP contribution in [0.15, 0.2) is 47.1 Å². The Morgan fingerprint density at radius 3 is 2.70 bits per heavy atom. The molecule has 1 aliphatic heterocycles. The van der Waals surface area contributed by atoms with E-state index in [-0.39, 0.29) is 5.91 Å². The molecule has 2 aromatic carbocycles. The number of carbonyl (C=O) groups excluding carboxylic acids is 1. The number of ether oxygens (including phenoxy) is 2. The number of morpholine rings is 1. The van der Waals surface area contributed by atoms with Crippen LogP contribution < -0.4 is 10.1 Å². The van der Waals surface area contributed by atoms with Crippen molar-refractivity contribution < 1.29 is 18.7 Å². The van der Waals surface area contributed by atoms with E-state index in [1.807, 2.05) is 25.1 Å². The fourth-order valence-electron chi connectivity index (χ4n) is 3.94. The smallest absolute Gasteiger partial charge is 0.244 e. The molecule has 2 heterocycles. The summed E-state index contributed by atoms with van der Waals surface area (Å²) >= 11 is 12.5. The highest BCUT2D eigenvalue weighted by Gasteiger charge is 2.17. The summed E-state index contributed by atoms with van der Waals surface area (Å²) in [4.78, 5) is 14.8. The van der Waals surface area contributed by atoms with Gasteiger partial charge in [0.15, 0.2) is 0 Å². The predicted octanol–water partition coefficient (Wildman–Crippen LogP) is 5.27. The maximum absolute atomic E-state index is 12.5. The Kier molecular flexibility index (Phi) is 7.60. The molecule has 0 saturated carbocycles. The molecule has 1 fully saturated rings. The summed E-state index contributed by atoms with van der Waals surface area (Å²) in [6, 6.07) is 9.15. The second-order valence-corrected chi connectivity index (χ2v) is 8.74. The van der Waals surface area contributed by atoms with Crippen LogP contribution in [0.3, 0.4) is 0 Å². The number of nitrogens with one attached hydrogen (secondary N) is 1. The van der Waals surface area contributed by atoms with Gasteiger partial charge in [0.1, 0.15) is 11.3 Å². The average molecular weight is 489 g/mol. The molecule has 0 aliphatic carbocycles. The Labute approximate surface area is 203 Å². The first kappa shape index (κ1) is 23.6. The molecule has 1 aliphatic rings. The van der Waals surface area contributed by atoms with E-state index in [2.05, 4.69) is 10.2 Å². The van der Waals surface area contributed by atoms with E-state index in [9.17, 15) is 4.79 Å². The quantitative estimate of drug-likeness (QED) is 0.459. The zero-order valence-corrected chi connectivity index (χ0v) is 20.1. The number of fused-ring (bicyclic) bond motifs is 1. The van der Waals surface area contributed by atoms with Crippen LogP contribution in [0.2, 0.25) is 10.0 Å². The van der Waals surface area contributed by atoms with Crippen molar-refractivity contribution in [3.8, 4) is 16.9 Å². The number of methoxy groups -OCH3 is 1. The standard InChI is InChI=1S/C25H26Cl2N2O4/c1-16(11-25(30)28-5-6-29-7-9-32-10-8-29)19-13-20-21(15-33-24(20)14-23(19)31-2)18-4-3-17(26)12-22(18)27/h3-4,11-15H,5-10H2,1-2H3,(H,28,30)/b16-11+. The first-order valence-corrected chi connectivity index (χ1v) is 11.5. The maximum Gasteiger partial charge on any atom is 0.244 e. The normalized spacial score (nSPS) is 15.1. The Morgan fingerprint density at radius 1 is 1.18 bits per heavy atom. The van der Waals surface area contributed by atoms with Gasteiger partial charge >= 0.3 is 0 Å². The lowest BCUT2D eigenvalue weighted by atomic mass is 9.99. The van der Waals surface area contributed by atoms with E-state index in [0.29, 0.717) is 27.9 Å². The second kappa shape index (κ2) is 10.6. The molecule has 1 N–H and O–H groups in total. The molecule has 6 nitrogen and oxygen atoms in total. The lowest BCUT2D eigenvalue weighted by Crippen LogP contribution is -2.41. The Morgan fingerprint density at radius 2 is 1.97 bits per heavy atom. The molecule has 8 heteroatoms. The van der Waals surface area contributed by atoms with Gasteiger partial charge < -0.3 is 19.2 Å². The number of hydrogen-bond donors (Lipinski definition) is 1. The fraction of sp³-hybridized carbons (Fsp3) is 0.320. The highest BCUT2D eigenvalue weighted by Crippen LogP contribution is 2.40. The van der Waals surface area contributed by atoms with Gasteiger partial charge in [0.05, 0.1) is 31.6 Å². The number of furan rings is 1. The molecule has 33 heavy (non-hydrogen) atoms. The van der Waals surface area contributed by atoms with E-state index in [4.69, 9.17) is 37.1 Å². The molecular weight excluding hydrogens is 463 g/mol. The number of halogens is 2. The number of nitrogens with zero attached hydrogens (tertiary/aromatic N) is 1. The van der Waals surface area contributed by atoms with Crippen molar-refractivity contribution in [3.63, 3.8) is 0 Å². The minimum atomic E-state index is -0.143. The number of allylic oxidation sites excluding steroid dienone is 1. The molecule has 1 saturated heterocycles. The molecule has 4 rings (SSSR count). The van der Waals surface area contributed by atoms with Gasteiger partial charge in [-0.05, 0) is 30.7 Å². The average Bonchev–Trinajstić information content (AvgIpc) is 3.21. The molecule has 174 valence electrons. The molecule has 0 bridgehead atoms. The van der Waals surface area contributed by atoms with Crippen molar-refractivity contribution in [2.45, 2.75) is 6.92 Å². The SMILES string of the molecule is COc1cc2occ(-c3ccc(Cl)cc3Cl)c2cc1/C(C)=C/C(=O)NCCN1CCOCC1. The van der Waals surface area contributed by atoms with Crippen molar-refractivity contribution in [2.24, 2.45) is 0 Å². The highest BCUT2D eigenvalue weighted by atomic mass is 35.5. The molecule has 3 aromatic rings. The summed E-state index contributed by atoms with van der Waals surface area (Å²) in [6.45, 7) is 6.55. The summed E-state index contributed by atoms with van der Waals surface area (Å²) in [5, 5.41) is 4.94. The molecule has 1 aromatic heterocycles. The molecule has 0 atom stereocenters. The first-order valence-electron chi connectivity index (χ1n) is 10.8. The highest BCUT2D eigenvalue weighted by molar-refractivity contribution is 6.36. The third-order valence-electron chi connectivity index (χ3n) is 5.72. The fourth-order valence-corrected chi connectivity index (χ4v) is 4.45. The number of rotatable bonds is 7. The van der Waals surface area contributed by atoms with Gasteiger partial charge in [-0.2, -0.15) is 0 Å². The summed E-state index contributed by atoms with van der Waals surface area (Å²) in [6.07, 6.45) is 3.26. The Balaban J connectivity index is 1.57. The van der Waals surface area contributed by atoms with Gasteiger partial charge in [-0.1, -0.05) is 29.3 Å². The molecular formula is C25H26Cl2N2O4. The first-order chi connectivity index (χ1) is 16.0. The van der Waals surface area contributed by atoms with Crippen molar-refractivity contribution in [3.05, 3.63) is 58.3 Å². The molecule has 0 radical (unpaired) electrons. The lowest BCUT2D eigenvalue weighted by molar-refractivity contribution is -0.116. The third kappa shape index (κ3) is 5.53. The summed E-state index contributed by atoms with van der Waals surface area (Å²) in [5.74, 6) is 0.483. The van der Waals surface area contributed by atoms with Crippen LogP contribution in [-0.4, -0.2) is 57.3 Å². The van der Waals surface area contributed by atoms with Gasteiger partial charge in [-0.3, -0.25) is 9.69 Å². The molecule has 1 amide bonds. The van der Waals surface area contributed by atoms with Crippen LogP contribution in [0.25, 0.3) is 27.7 Å². The van der Waals surface area contributed by atoms with E-state index in [1.54, 1.807) is 31.6 Å². The van der Waals surface area contributed by atoms with Crippen LogP contribution >= 0.6 is 23.2 Å². The predicted molar refractivity (Wildman–Crippen MR) is 132 cm³/mol. The third-order valence-corrected chi connectivity index (χ3v) is 6.27. The van der Waals surface area contributed by atoms with Crippen LogP contribution in [0, 0.1) is 0 Å². The number of hydrogen-bond acceptors (Lipinski definition) is 5. The van der Waals surface area contributed by atoms with E-state index in [0.717, 1.165) is 60.5 Å². The van der Waals surface area contributed by atoms with Crippen molar-refractivity contribution in [1.82, 2.24) is 10.2 Å². The van der Waals surface area contributed by atoms with Crippen LogP contribution in [0.1, 0.15) is 12.5 Å². The van der Waals surface area contributed by atoms with E-state index < -0.39 is 0 Å². The number of carbonyl (C=O) groups is 1. The van der Waals surface area contributed by atoms with Gasteiger partial charge in [0.2, 0.25) is 5.91 Å². The van der Waals surface area contributed by atoms with E-state index >= 15 is 0 Å². The zero-order valence-electron chi connectivity index (χ0n) is 18.6. The lowest BCUT2D eigenvalue weighted by Gasteiger charge is -2.26. The van der Waals surface area contributed by atoms with Crippen LogP contribution in [0.4, 0.5) is 0 Å². The van der Waals surface area contributed by atoms with Gasteiger partial charge in [-0.15, -0.1) is 0 Å². The summed E-state index contributed by atoms with van der Waals surface area (Å²) < 4.78 is 16.7. The monoisotopic (exact) mass is 488 g/mol. The largest absolute Gasteiger partial charge is 0.496 e. The van der Waals surface area contributed by atoms with Crippen LogP contribution in [-0.2, 0) is 9.53 Å². The van der Waals surface area contributed by atoms with Crippen LogP contribution in [0.5, 0.6) is 5.75 Å². The summed E-state index contributed by atoms with van der Waals surface area (Å²) in [7, 11) is 1.60. The van der Waals surface area contributed by atoms with Gasteiger partial charge in [-0.25, -0.2) is 0 Å². The minimum absolute atomic E-state index is 0.143. The van der Waals surface area contributed by atoms with Gasteiger partial charge in [0, 0.05) is 65.4 Å².